The lowest BCUT2D eigenvalue weighted by Crippen LogP contribution is -2.16. The second-order valence-electron chi connectivity index (χ2n) is 3.77. The molecule has 0 atom stereocenters. The van der Waals surface area contributed by atoms with E-state index in [2.05, 4.69) is 41.7 Å². The molecule has 0 saturated carbocycles. The zero-order valence-electron chi connectivity index (χ0n) is 9.95. The Balaban J connectivity index is 2.54. The minimum absolute atomic E-state index is 0.961. The fourth-order valence-corrected chi connectivity index (χ4v) is 1.48. The van der Waals surface area contributed by atoms with Gasteiger partial charge in [0.25, 0.3) is 0 Å². The molecule has 84 valence electrons. The normalized spacial score (nSPS) is 12.1. The lowest BCUT2D eigenvalue weighted by molar-refractivity contribution is 0.714. The Hall–Kier alpha value is -1.09. The zero-order chi connectivity index (χ0) is 11.1. The van der Waals surface area contributed by atoms with Gasteiger partial charge in [0.05, 0.1) is 18.2 Å². The Bertz CT molecular complexity index is 312. The monoisotopic (exact) mass is 207 g/mol. The van der Waals surface area contributed by atoms with Crippen molar-refractivity contribution in [3.63, 3.8) is 0 Å². The molecule has 15 heavy (non-hydrogen) atoms. The molecule has 1 rings (SSSR count). The first-order valence-electron chi connectivity index (χ1n) is 5.66. The van der Waals surface area contributed by atoms with Gasteiger partial charge in [0.1, 0.15) is 0 Å². The minimum atomic E-state index is 0.961. The predicted octanol–water partition coefficient (Wildman–Crippen LogP) is 2.31. The molecule has 0 bridgehead atoms. The van der Waals surface area contributed by atoms with Crippen molar-refractivity contribution in [3.8, 4) is 0 Å². The summed E-state index contributed by atoms with van der Waals surface area (Å²) in [5.41, 5.74) is 2.53. The number of hydrogen-bond acceptors (Lipinski definition) is 2. The van der Waals surface area contributed by atoms with Crippen LogP contribution in [0.3, 0.4) is 0 Å². The van der Waals surface area contributed by atoms with Gasteiger partial charge in [0.2, 0.25) is 0 Å². The van der Waals surface area contributed by atoms with E-state index in [1.165, 1.54) is 17.7 Å². The van der Waals surface area contributed by atoms with E-state index >= 15 is 0 Å². The highest BCUT2D eigenvalue weighted by Gasteiger charge is 1.97. The summed E-state index contributed by atoms with van der Waals surface area (Å²) in [6.07, 6.45) is 7.16. The van der Waals surface area contributed by atoms with Gasteiger partial charge in [-0.3, -0.25) is 0 Å². The van der Waals surface area contributed by atoms with Gasteiger partial charge in [-0.25, -0.2) is 4.98 Å². The Morgan fingerprint density at radius 3 is 3.00 bits per heavy atom. The van der Waals surface area contributed by atoms with E-state index in [0.717, 1.165) is 19.6 Å². The summed E-state index contributed by atoms with van der Waals surface area (Å²) in [6.45, 7) is 9.47. The highest BCUT2D eigenvalue weighted by Crippen LogP contribution is 2.05. The third-order valence-electron chi connectivity index (χ3n) is 2.31. The van der Waals surface area contributed by atoms with E-state index in [0.29, 0.717) is 0 Å². The molecular formula is C12H21N3. The van der Waals surface area contributed by atoms with Crippen molar-refractivity contribution < 1.29 is 0 Å². The maximum atomic E-state index is 4.14. The van der Waals surface area contributed by atoms with E-state index in [9.17, 15) is 0 Å². The van der Waals surface area contributed by atoms with E-state index in [1.54, 1.807) is 0 Å². The van der Waals surface area contributed by atoms with Crippen LogP contribution in [-0.2, 0) is 6.54 Å². The van der Waals surface area contributed by atoms with Crippen molar-refractivity contribution in [2.24, 2.45) is 0 Å². The molecule has 0 spiro atoms. The average molecular weight is 207 g/mol. The van der Waals surface area contributed by atoms with Crippen molar-refractivity contribution in [3.05, 3.63) is 23.8 Å². The van der Waals surface area contributed by atoms with Crippen LogP contribution in [0.2, 0.25) is 0 Å². The standard InChI is InChI=1S/C12H21N3/c1-4-6-13-8-11(3)7-12-9-14-10-15(12)5-2/h7,9-10,13H,4-6,8H2,1-3H3. The summed E-state index contributed by atoms with van der Waals surface area (Å²) in [4.78, 5) is 4.14. The Kier molecular flexibility index (Phi) is 5.12. The molecule has 1 heterocycles. The number of aryl methyl sites for hydroxylation is 1. The highest BCUT2D eigenvalue weighted by molar-refractivity contribution is 5.48. The molecule has 0 amide bonds. The van der Waals surface area contributed by atoms with Crippen molar-refractivity contribution in [2.75, 3.05) is 13.1 Å². The number of imidazole rings is 1. The summed E-state index contributed by atoms with van der Waals surface area (Å²) in [7, 11) is 0. The number of hydrogen-bond donors (Lipinski definition) is 1. The van der Waals surface area contributed by atoms with E-state index in [4.69, 9.17) is 0 Å². The first kappa shape index (κ1) is 12.0. The van der Waals surface area contributed by atoms with Gasteiger partial charge >= 0.3 is 0 Å². The van der Waals surface area contributed by atoms with Crippen LogP contribution in [0.25, 0.3) is 6.08 Å². The van der Waals surface area contributed by atoms with E-state index < -0.39 is 0 Å². The first-order valence-corrected chi connectivity index (χ1v) is 5.66. The molecule has 0 aliphatic rings. The Morgan fingerprint density at radius 1 is 1.53 bits per heavy atom. The van der Waals surface area contributed by atoms with Crippen LogP contribution >= 0.6 is 0 Å². The molecule has 1 N–H and O–H groups in total. The number of rotatable bonds is 6. The topological polar surface area (TPSA) is 29.9 Å². The van der Waals surface area contributed by atoms with Crippen LogP contribution in [0.1, 0.15) is 32.9 Å². The molecule has 0 radical (unpaired) electrons. The van der Waals surface area contributed by atoms with Crippen molar-refractivity contribution in [1.82, 2.24) is 14.9 Å². The minimum Gasteiger partial charge on any atom is -0.331 e. The summed E-state index contributed by atoms with van der Waals surface area (Å²) in [6, 6.07) is 0. The SMILES string of the molecule is CCCNCC(C)=Cc1cncn1CC. The van der Waals surface area contributed by atoms with Gasteiger partial charge < -0.3 is 9.88 Å². The smallest absolute Gasteiger partial charge is 0.0950 e. The van der Waals surface area contributed by atoms with Crippen LogP contribution in [0.15, 0.2) is 18.1 Å². The molecule has 0 aromatic carbocycles. The molecule has 1 aromatic heterocycles. The lowest BCUT2D eigenvalue weighted by Gasteiger charge is -2.04. The number of aromatic nitrogens is 2. The largest absolute Gasteiger partial charge is 0.331 e. The highest BCUT2D eigenvalue weighted by atomic mass is 15.0. The van der Waals surface area contributed by atoms with Crippen LogP contribution in [0.5, 0.6) is 0 Å². The van der Waals surface area contributed by atoms with Gasteiger partial charge in [-0.2, -0.15) is 0 Å². The first-order chi connectivity index (χ1) is 7.27. The molecule has 0 aliphatic heterocycles. The Morgan fingerprint density at radius 2 is 2.33 bits per heavy atom. The summed E-state index contributed by atoms with van der Waals surface area (Å²) in [5, 5.41) is 3.39. The molecule has 3 nitrogen and oxygen atoms in total. The Labute approximate surface area is 92.2 Å². The second-order valence-corrected chi connectivity index (χ2v) is 3.77. The fraction of sp³-hybridized carbons (Fsp3) is 0.583. The van der Waals surface area contributed by atoms with Crippen LogP contribution < -0.4 is 5.32 Å². The third kappa shape index (κ3) is 3.88. The van der Waals surface area contributed by atoms with Gasteiger partial charge in [0, 0.05) is 13.1 Å². The van der Waals surface area contributed by atoms with E-state index in [-0.39, 0.29) is 0 Å². The molecule has 3 heteroatoms. The van der Waals surface area contributed by atoms with Crippen molar-refractivity contribution >= 4 is 6.08 Å². The molecule has 0 fully saturated rings. The van der Waals surface area contributed by atoms with Crippen LogP contribution in [-0.4, -0.2) is 22.6 Å². The third-order valence-corrected chi connectivity index (χ3v) is 2.31. The number of nitrogens with zero attached hydrogens (tertiary/aromatic N) is 2. The van der Waals surface area contributed by atoms with Gasteiger partial charge in [-0.05, 0) is 32.9 Å². The van der Waals surface area contributed by atoms with Crippen LogP contribution in [0, 0.1) is 0 Å². The molecule has 0 saturated heterocycles. The van der Waals surface area contributed by atoms with Gasteiger partial charge in [0.15, 0.2) is 0 Å². The van der Waals surface area contributed by atoms with E-state index in [1.807, 2.05) is 12.5 Å². The van der Waals surface area contributed by atoms with Crippen LogP contribution in [0.4, 0.5) is 0 Å². The van der Waals surface area contributed by atoms with Crippen molar-refractivity contribution in [1.29, 1.82) is 0 Å². The number of nitrogens with one attached hydrogen (secondary N) is 1. The quantitative estimate of drug-likeness (QED) is 0.725. The second kappa shape index (κ2) is 6.40. The lowest BCUT2D eigenvalue weighted by atomic mass is 10.2. The molecule has 0 unspecified atom stereocenters. The average Bonchev–Trinajstić information content (AvgIpc) is 2.65. The summed E-state index contributed by atoms with van der Waals surface area (Å²) < 4.78 is 2.14. The molecular weight excluding hydrogens is 186 g/mol. The maximum absolute atomic E-state index is 4.14. The van der Waals surface area contributed by atoms with Crippen molar-refractivity contribution in [2.45, 2.75) is 33.7 Å². The molecule has 1 aromatic rings. The fourth-order valence-electron chi connectivity index (χ4n) is 1.48. The zero-order valence-corrected chi connectivity index (χ0v) is 9.95. The predicted molar refractivity (Wildman–Crippen MR) is 64.7 cm³/mol. The summed E-state index contributed by atoms with van der Waals surface area (Å²) >= 11 is 0. The van der Waals surface area contributed by atoms with Gasteiger partial charge in [-0.1, -0.05) is 12.5 Å². The maximum Gasteiger partial charge on any atom is 0.0950 e. The summed E-state index contributed by atoms with van der Waals surface area (Å²) in [5.74, 6) is 0. The van der Waals surface area contributed by atoms with Gasteiger partial charge in [-0.15, -0.1) is 0 Å². The molecule has 0 aliphatic carbocycles.